The molecule has 0 aromatic heterocycles. The average Bonchev–Trinajstić information content (AvgIpc) is 2.37. The Balaban J connectivity index is 2.29. The SMILES string of the molecule is NCCc1cc(F)ccc1Oc1ccc(F)c(F)c1. The number of nitrogens with two attached hydrogens (primary N) is 1. The van der Waals surface area contributed by atoms with E-state index < -0.39 is 17.5 Å². The zero-order valence-corrected chi connectivity index (χ0v) is 10.00. The van der Waals surface area contributed by atoms with Gasteiger partial charge in [-0.15, -0.1) is 0 Å². The molecule has 0 saturated carbocycles. The van der Waals surface area contributed by atoms with E-state index in [4.69, 9.17) is 10.5 Å². The molecule has 0 heterocycles. The van der Waals surface area contributed by atoms with Gasteiger partial charge in [0.25, 0.3) is 0 Å². The van der Waals surface area contributed by atoms with E-state index in [1.54, 1.807) is 0 Å². The van der Waals surface area contributed by atoms with Crippen LogP contribution in [-0.2, 0) is 6.42 Å². The fraction of sp³-hybridized carbons (Fsp3) is 0.143. The van der Waals surface area contributed by atoms with Gasteiger partial charge in [0, 0.05) is 6.07 Å². The van der Waals surface area contributed by atoms with E-state index in [1.807, 2.05) is 0 Å². The van der Waals surface area contributed by atoms with Crippen LogP contribution in [0.5, 0.6) is 11.5 Å². The van der Waals surface area contributed by atoms with Gasteiger partial charge >= 0.3 is 0 Å². The second kappa shape index (κ2) is 5.75. The van der Waals surface area contributed by atoms with Crippen LogP contribution < -0.4 is 10.5 Å². The van der Waals surface area contributed by atoms with Crippen LogP contribution in [-0.4, -0.2) is 6.54 Å². The Kier molecular flexibility index (Phi) is 4.06. The van der Waals surface area contributed by atoms with Crippen LogP contribution in [0.3, 0.4) is 0 Å². The first kappa shape index (κ1) is 13.4. The zero-order chi connectivity index (χ0) is 13.8. The molecule has 2 aromatic rings. The molecule has 2 N–H and O–H groups in total. The highest BCUT2D eigenvalue weighted by Gasteiger charge is 2.08. The summed E-state index contributed by atoms with van der Waals surface area (Å²) in [6.45, 7) is 0.331. The van der Waals surface area contributed by atoms with Gasteiger partial charge in [0.05, 0.1) is 0 Å². The summed E-state index contributed by atoms with van der Waals surface area (Å²) in [6, 6.07) is 7.18. The second-order valence-electron chi connectivity index (χ2n) is 3.97. The summed E-state index contributed by atoms with van der Waals surface area (Å²) in [7, 11) is 0. The zero-order valence-electron chi connectivity index (χ0n) is 10.00. The fourth-order valence-corrected chi connectivity index (χ4v) is 1.67. The van der Waals surface area contributed by atoms with E-state index in [1.165, 1.54) is 24.3 Å². The molecule has 100 valence electrons. The standard InChI is InChI=1S/C14H12F3NO/c15-10-1-4-14(9(7-10)5-6-18)19-11-2-3-12(16)13(17)8-11/h1-4,7-8H,5-6,18H2. The molecule has 0 atom stereocenters. The molecule has 0 aliphatic rings. The number of hydrogen-bond donors (Lipinski definition) is 1. The van der Waals surface area contributed by atoms with Crippen LogP contribution in [0.4, 0.5) is 13.2 Å². The highest BCUT2D eigenvalue weighted by molar-refractivity contribution is 5.38. The van der Waals surface area contributed by atoms with E-state index in [0.29, 0.717) is 24.3 Å². The molecule has 0 fully saturated rings. The quantitative estimate of drug-likeness (QED) is 0.921. The maximum Gasteiger partial charge on any atom is 0.162 e. The van der Waals surface area contributed by atoms with Gasteiger partial charge in [0.15, 0.2) is 11.6 Å². The minimum absolute atomic E-state index is 0.142. The highest BCUT2D eigenvalue weighted by atomic mass is 19.2. The molecule has 0 amide bonds. The molecule has 0 saturated heterocycles. The lowest BCUT2D eigenvalue weighted by molar-refractivity contribution is 0.456. The molecule has 2 rings (SSSR count). The summed E-state index contributed by atoms with van der Waals surface area (Å²) in [5.41, 5.74) is 6.01. The second-order valence-corrected chi connectivity index (χ2v) is 3.97. The molecule has 0 spiro atoms. The Labute approximate surface area is 108 Å². The minimum Gasteiger partial charge on any atom is -0.457 e. The Morgan fingerprint density at radius 1 is 0.947 bits per heavy atom. The Morgan fingerprint density at radius 3 is 2.42 bits per heavy atom. The summed E-state index contributed by atoms with van der Waals surface area (Å²) < 4.78 is 44.4. The lowest BCUT2D eigenvalue weighted by Crippen LogP contribution is -2.04. The highest BCUT2D eigenvalue weighted by Crippen LogP contribution is 2.27. The van der Waals surface area contributed by atoms with Crippen molar-refractivity contribution in [3.8, 4) is 11.5 Å². The normalized spacial score (nSPS) is 10.5. The van der Waals surface area contributed by atoms with Crippen molar-refractivity contribution < 1.29 is 17.9 Å². The van der Waals surface area contributed by atoms with Gasteiger partial charge in [-0.25, -0.2) is 13.2 Å². The van der Waals surface area contributed by atoms with Gasteiger partial charge < -0.3 is 10.5 Å². The summed E-state index contributed by atoms with van der Waals surface area (Å²) in [5.74, 6) is -1.84. The number of halogens is 3. The van der Waals surface area contributed by atoms with Gasteiger partial charge in [-0.3, -0.25) is 0 Å². The minimum atomic E-state index is -1.00. The van der Waals surface area contributed by atoms with Crippen molar-refractivity contribution in [2.45, 2.75) is 6.42 Å². The van der Waals surface area contributed by atoms with Gasteiger partial charge in [-0.2, -0.15) is 0 Å². The molecular formula is C14H12F3NO. The molecule has 0 unspecified atom stereocenters. The Morgan fingerprint density at radius 2 is 1.74 bits per heavy atom. The molecule has 0 bridgehead atoms. The summed E-state index contributed by atoms with van der Waals surface area (Å²) >= 11 is 0. The molecule has 0 aliphatic carbocycles. The first-order valence-electron chi connectivity index (χ1n) is 5.71. The van der Waals surface area contributed by atoms with Gasteiger partial charge in [0.1, 0.15) is 17.3 Å². The van der Waals surface area contributed by atoms with E-state index in [2.05, 4.69) is 0 Å². The Hall–Kier alpha value is -2.01. The van der Waals surface area contributed by atoms with E-state index >= 15 is 0 Å². The number of hydrogen-bond acceptors (Lipinski definition) is 2. The van der Waals surface area contributed by atoms with Crippen LogP contribution >= 0.6 is 0 Å². The number of benzene rings is 2. The van der Waals surface area contributed by atoms with Crippen LogP contribution in [0.25, 0.3) is 0 Å². The first-order valence-corrected chi connectivity index (χ1v) is 5.71. The average molecular weight is 267 g/mol. The van der Waals surface area contributed by atoms with Crippen LogP contribution in [0.1, 0.15) is 5.56 Å². The van der Waals surface area contributed by atoms with Crippen molar-refractivity contribution in [2.75, 3.05) is 6.54 Å². The van der Waals surface area contributed by atoms with Gasteiger partial charge in [-0.1, -0.05) is 0 Å². The third-order valence-electron chi connectivity index (χ3n) is 2.56. The van der Waals surface area contributed by atoms with E-state index in [0.717, 1.165) is 12.1 Å². The number of ether oxygens (including phenoxy) is 1. The maximum absolute atomic E-state index is 13.1. The van der Waals surface area contributed by atoms with Crippen LogP contribution in [0.15, 0.2) is 36.4 Å². The third-order valence-corrected chi connectivity index (χ3v) is 2.56. The van der Waals surface area contributed by atoms with E-state index in [9.17, 15) is 13.2 Å². The van der Waals surface area contributed by atoms with Crippen LogP contribution in [0, 0.1) is 17.5 Å². The molecule has 19 heavy (non-hydrogen) atoms. The number of rotatable bonds is 4. The monoisotopic (exact) mass is 267 g/mol. The molecular weight excluding hydrogens is 255 g/mol. The summed E-state index contributed by atoms with van der Waals surface area (Å²) in [6.07, 6.45) is 0.427. The molecule has 5 heteroatoms. The predicted octanol–water partition coefficient (Wildman–Crippen LogP) is 3.40. The topological polar surface area (TPSA) is 35.2 Å². The third kappa shape index (κ3) is 3.26. The smallest absolute Gasteiger partial charge is 0.162 e. The van der Waals surface area contributed by atoms with Crippen molar-refractivity contribution in [1.29, 1.82) is 0 Å². The van der Waals surface area contributed by atoms with Gasteiger partial charge in [-0.05, 0) is 48.9 Å². The molecule has 2 aromatic carbocycles. The van der Waals surface area contributed by atoms with Crippen molar-refractivity contribution >= 4 is 0 Å². The van der Waals surface area contributed by atoms with Crippen molar-refractivity contribution in [2.24, 2.45) is 5.73 Å². The fourth-order valence-electron chi connectivity index (χ4n) is 1.67. The lowest BCUT2D eigenvalue weighted by atomic mass is 10.1. The molecule has 0 aliphatic heterocycles. The largest absolute Gasteiger partial charge is 0.457 e. The molecule has 2 nitrogen and oxygen atoms in total. The lowest BCUT2D eigenvalue weighted by Gasteiger charge is -2.11. The van der Waals surface area contributed by atoms with Crippen molar-refractivity contribution in [3.63, 3.8) is 0 Å². The summed E-state index contributed by atoms with van der Waals surface area (Å²) in [4.78, 5) is 0. The molecule has 0 radical (unpaired) electrons. The summed E-state index contributed by atoms with van der Waals surface area (Å²) in [5, 5.41) is 0. The Bertz CT molecular complexity index is 587. The van der Waals surface area contributed by atoms with E-state index in [-0.39, 0.29) is 5.75 Å². The predicted molar refractivity (Wildman–Crippen MR) is 65.6 cm³/mol. The van der Waals surface area contributed by atoms with Gasteiger partial charge in [0.2, 0.25) is 0 Å². The van der Waals surface area contributed by atoms with Crippen molar-refractivity contribution in [1.82, 2.24) is 0 Å². The first-order chi connectivity index (χ1) is 9.10. The van der Waals surface area contributed by atoms with Crippen molar-refractivity contribution in [3.05, 3.63) is 59.4 Å². The van der Waals surface area contributed by atoms with Crippen LogP contribution in [0.2, 0.25) is 0 Å². The maximum atomic E-state index is 13.1.